The van der Waals surface area contributed by atoms with E-state index in [2.05, 4.69) is 17.4 Å². The van der Waals surface area contributed by atoms with Crippen molar-refractivity contribution >= 4 is 24.2 Å². The van der Waals surface area contributed by atoms with Crippen LogP contribution in [0.25, 0.3) is 0 Å². The van der Waals surface area contributed by atoms with Gasteiger partial charge in [0.05, 0.1) is 7.11 Å². The Kier molecular flexibility index (Phi) is 6.03. The van der Waals surface area contributed by atoms with Crippen molar-refractivity contribution in [3.05, 3.63) is 24.3 Å². The van der Waals surface area contributed by atoms with Gasteiger partial charge < -0.3 is 10.1 Å². The highest BCUT2D eigenvalue weighted by Crippen LogP contribution is 2.34. The molecule has 1 heterocycles. The van der Waals surface area contributed by atoms with Gasteiger partial charge in [0, 0.05) is 10.1 Å². The first-order valence-electron chi connectivity index (χ1n) is 5.40. The lowest BCUT2D eigenvalue weighted by Gasteiger charge is -2.22. The summed E-state index contributed by atoms with van der Waals surface area (Å²) < 4.78 is 5.35. The molecular weight excluding hydrogens is 242 g/mol. The third-order valence-electron chi connectivity index (χ3n) is 2.65. The summed E-state index contributed by atoms with van der Waals surface area (Å²) in [6.45, 7) is 2.29. The van der Waals surface area contributed by atoms with E-state index in [4.69, 9.17) is 4.74 Å². The van der Waals surface area contributed by atoms with Gasteiger partial charge in [-0.2, -0.15) is 0 Å². The second-order valence-electron chi connectivity index (χ2n) is 3.72. The number of methoxy groups -OCH3 is 1. The maximum absolute atomic E-state index is 5.35. The van der Waals surface area contributed by atoms with Gasteiger partial charge in [-0.25, -0.2) is 0 Å². The molecule has 0 aliphatic carbocycles. The molecule has 1 aliphatic heterocycles. The van der Waals surface area contributed by atoms with Crippen molar-refractivity contribution in [3.63, 3.8) is 0 Å². The third-order valence-corrected chi connectivity index (χ3v) is 4.04. The largest absolute Gasteiger partial charge is 0.496 e. The Bertz CT molecular complexity index is 316. The Labute approximate surface area is 108 Å². The van der Waals surface area contributed by atoms with Crippen LogP contribution in [0.5, 0.6) is 5.75 Å². The predicted octanol–water partition coefficient (Wildman–Crippen LogP) is 2.96. The van der Waals surface area contributed by atoms with Crippen LogP contribution in [-0.4, -0.2) is 25.4 Å². The van der Waals surface area contributed by atoms with Crippen LogP contribution in [0.1, 0.15) is 12.8 Å². The van der Waals surface area contributed by atoms with Crippen LogP contribution < -0.4 is 10.1 Å². The molecule has 1 N–H and O–H groups in total. The molecule has 4 heteroatoms. The molecule has 1 saturated heterocycles. The van der Waals surface area contributed by atoms with Gasteiger partial charge in [0.15, 0.2) is 0 Å². The quantitative estimate of drug-likeness (QED) is 0.902. The molecule has 0 bridgehead atoms. The fourth-order valence-electron chi connectivity index (χ4n) is 1.81. The van der Waals surface area contributed by atoms with E-state index >= 15 is 0 Å². The summed E-state index contributed by atoms with van der Waals surface area (Å²) in [6.07, 6.45) is 2.51. The van der Waals surface area contributed by atoms with Crippen LogP contribution in [0.2, 0.25) is 0 Å². The monoisotopic (exact) mass is 259 g/mol. The molecule has 1 fully saturated rings. The molecule has 90 valence electrons. The average molecular weight is 260 g/mol. The minimum Gasteiger partial charge on any atom is -0.496 e. The fraction of sp³-hybridized carbons (Fsp3) is 0.500. The maximum Gasteiger partial charge on any atom is 0.132 e. The summed E-state index contributed by atoms with van der Waals surface area (Å²) in [5.41, 5.74) is 0. The highest BCUT2D eigenvalue weighted by Gasteiger charge is 2.15. The second kappa shape index (κ2) is 7.05. The molecule has 0 spiro atoms. The first kappa shape index (κ1) is 13.7. The Morgan fingerprint density at radius 1 is 1.25 bits per heavy atom. The van der Waals surface area contributed by atoms with Gasteiger partial charge in [0.25, 0.3) is 0 Å². The molecular formula is C12H18ClNOS. The Hall–Kier alpha value is -0.380. The molecule has 1 aromatic rings. The van der Waals surface area contributed by atoms with E-state index in [0.29, 0.717) is 0 Å². The van der Waals surface area contributed by atoms with Gasteiger partial charge in [-0.05, 0) is 38.1 Å². The number of rotatable bonds is 3. The van der Waals surface area contributed by atoms with Crippen LogP contribution >= 0.6 is 24.2 Å². The first-order chi connectivity index (χ1) is 7.40. The summed E-state index contributed by atoms with van der Waals surface area (Å²) >= 11 is 1.95. The molecule has 1 aromatic carbocycles. The van der Waals surface area contributed by atoms with Crippen molar-refractivity contribution in [1.82, 2.24) is 5.32 Å². The molecule has 0 amide bonds. The summed E-state index contributed by atoms with van der Waals surface area (Å²) in [5.74, 6) is 1.00. The molecule has 1 aliphatic rings. The SMILES string of the molecule is COc1ccccc1SC1CCNCC1.Cl. The molecule has 2 nitrogen and oxygen atoms in total. The lowest BCUT2D eigenvalue weighted by Crippen LogP contribution is -2.29. The van der Waals surface area contributed by atoms with E-state index in [1.165, 1.54) is 17.7 Å². The molecule has 0 radical (unpaired) electrons. The summed E-state index contributed by atoms with van der Waals surface area (Å²) in [4.78, 5) is 1.27. The van der Waals surface area contributed by atoms with Crippen molar-refractivity contribution in [2.24, 2.45) is 0 Å². The van der Waals surface area contributed by atoms with Crippen LogP contribution in [-0.2, 0) is 0 Å². The molecule has 0 atom stereocenters. The van der Waals surface area contributed by atoms with E-state index < -0.39 is 0 Å². The standard InChI is InChI=1S/C12H17NOS.ClH/c1-14-11-4-2-3-5-12(11)15-10-6-8-13-9-7-10;/h2-5,10,13H,6-9H2,1H3;1H. The number of hydrogen-bond donors (Lipinski definition) is 1. The zero-order valence-electron chi connectivity index (χ0n) is 9.44. The number of nitrogens with one attached hydrogen (secondary N) is 1. The lowest BCUT2D eigenvalue weighted by atomic mass is 10.2. The summed E-state index contributed by atoms with van der Waals surface area (Å²) in [7, 11) is 1.74. The molecule has 16 heavy (non-hydrogen) atoms. The van der Waals surface area contributed by atoms with Gasteiger partial charge in [0.2, 0.25) is 0 Å². The number of thioether (sulfide) groups is 1. The van der Waals surface area contributed by atoms with Crippen molar-refractivity contribution in [2.45, 2.75) is 23.0 Å². The Morgan fingerprint density at radius 2 is 1.94 bits per heavy atom. The third kappa shape index (κ3) is 3.58. The minimum absolute atomic E-state index is 0. The van der Waals surface area contributed by atoms with E-state index in [9.17, 15) is 0 Å². The average Bonchev–Trinajstić information content (AvgIpc) is 2.31. The number of halogens is 1. The predicted molar refractivity (Wildman–Crippen MR) is 72.0 cm³/mol. The second-order valence-corrected chi connectivity index (χ2v) is 5.06. The van der Waals surface area contributed by atoms with Crippen molar-refractivity contribution in [1.29, 1.82) is 0 Å². The van der Waals surface area contributed by atoms with E-state index in [1.54, 1.807) is 7.11 Å². The van der Waals surface area contributed by atoms with Gasteiger partial charge >= 0.3 is 0 Å². The van der Waals surface area contributed by atoms with Crippen molar-refractivity contribution in [2.75, 3.05) is 20.2 Å². The molecule has 0 aromatic heterocycles. The Balaban J connectivity index is 0.00000128. The van der Waals surface area contributed by atoms with Crippen LogP contribution in [0.15, 0.2) is 29.2 Å². The van der Waals surface area contributed by atoms with Gasteiger partial charge in [-0.1, -0.05) is 12.1 Å². The number of benzene rings is 1. The normalized spacial score (nSPS) is 16.6. The summed E-state index contributed by atoms with van der Waals surface area (Å²) in [5, 5.41) is 4.12. The number of ether oxygens (including phenoxy) is 1. The smallest absolute Gasteiger partial charge is 0.132 e. The first-order valence-corrected chi connectivity index (χ1v) is 6.28. The zero-order chi connectivity index (χ0) is 10.5. The topological polar surface area (TPSA) is 21.3 Å². The van der Waals surface area contributed by atoms with E-state index in [0.717, 1.165) is 24.1 Å². The van der Waals surface area contributed by atoms with Crippen molar-refractivity contribution < 1.29 is 4.74 Å². The van der Waals surface area contributed by atoms with Crippen LogP contribution in [0, 0.1) is 0 Å². The van der Waals surface area contributed by atoms with Crippen LogP contribution in [0.3, 0.4) is 0 Å². The van der Waals surface area contributed by atoms with Crippen molar-refractivity contribution in [3.8, 4) is 5.75 Å². The molecule has 2 rings (SSSR count). The highest BCUT2D eigenvalue weighted by atomic mass is 35.5. The van der Waals surface area contributed by atoms with E-state index in [-0.39, 0.29) is 12.4 Å². The van der Waals surface area contributed by atoms with Gasteiger partial charge in [0.1, 0.15) is 5.75 Å². The minimum atomic E-state index is 0. The van der Waals surface area contributed by atoms with E-state index in [1.807, 2.05) is 23.9 Å². The van der Waals surface area contributed by atoms with Gasteiger partial charge in [-0.3, -0.25) is 0 Å². The molecule has 0 unspecified atom stereocenters. The number of para-hydroxylation sites is 1. The number of piperidine rings is 1. The summed E-state index contributed by atoms with van der Waals surface area (Å²) in [6, 6.07) is 8.27. The zero-order valence-corrected chi connectivity index (χ0v) is 11.1. The van der Waals surface area contributed by atoms with Gasteiger partial charge in [-0.15, -0.1) is 24.2 Å². The fourth-order valence-corrected chi connectivity index (χ4v) is 3.06. The highest BCUT2D eigenvalue weighted by molar-refractivity contribution is 8.00. The maximum atomic E-state index is 5.35. The molecule has 0 saturated carbocycles. The number of hydrogen-bond acceptors (Lipinski definition) is 3. The van der Waals surface area contributed by atoms with Crippen LogP contribution in [0.4, 0.5) is 0 Å². The lowest BCUT2D eigenvalue weighted by molar-refractivity contribution is 0.404. The Morgan fingerprint density at radius 3 is 2.62 bits per heavy atom.